The van der Waals surface area contributed by atoms with Crippen LogP contribution in [0.1, 0.15) is 12.5 Å². The molecule has 4 rings (SSSR count). The third-order valence-corrected chi connectivity index (χ3v) is 5.91. The van der Waals surface area contributed by atoms with E-state index in [0.29, 0.717) is 26.1 Å². The van der Waals surface area contributed by atoms with Gasteiger partial charge in [0.25, 0.3) is 0 Å². The normalized spacial score (nSPS) is 14.5. The van der Waals surface area contributed by atoms with Gasteiger partial charge in [0.15, 0.2) is 5.13 Å². The van der Waals surface area contributed by atoms with Gasteiger partial charge < -0.3 is 14.5 Å². The van der Waals surface area contributed by atoms with E-state index in [9.17, 15) is 9.18 Å². The number of carbonyl (C=O) groups is 1. The summed E-state index contributed by atoms with van der Waals surface area (Å²) in [6.07, 6.45) is 0.307. The zero-order valence-corrected chi connectivity index (χ0v) is 16.5. The van der Waals surface area contributed by atoms with Crippen molar-refractivity contribution in [3.63, 3.8) is 0 Å². The fourth-order valence-electron chi connectivity index (χ4n) is 3.32. The summed E-state index contributed by atoms with van der Waals surface area (Å²) >= 11 is 1.65. The SMILES string of the molecule is CCOc1ccc2nc(N3CCN(C(=O)Cc4ccc(F)cc4)CC3)sc2c1. The second-order valence-corrected chi connectivity index (χ2v) is 7.74. The Hall–Kier alpha value is -2.67. The Kier molecular flexibility index (Phi) is 5.43. The van der Waals surface area contributed by atoms with Crippen molar-refractivity contribution in [2.45, 2.75) is 13.3 Å². The van der Waals surface area contributed by atoms with Crippen LogP contribution < -0.4 is 9.64 Å². The van der Waals surface area contributed by atoms with Crippen LogP contribution in [-0.2, 0) is 11.2 Å². The molecule has 1 amide bonds. The van der Waals surface area contributed by atoms with E-state index in [2.05, 4.69) is 4.90 Å². The van der Waals surface area contributed by atoms with Gasteiger partial charge in [-0.15, -0.1) is 0 Å². The highest BCUT2D eigenvalue weighted by molar-refractivity contribution is 7.22. The van der Waals surface area contributed by atoms with E-state index in [1.807, 2.05) is 30.0 Å². The van der Waals surface area contributed by atoms with Crippen molar-refractivity contribution in [3.05, 3.63) is 53.8 Å². The standard InChI is InChI=1S/C21H22FN3O2S/c1-2-27-17-7-8-18-19(14-17)28-21(23-18)25-11-9-24(10-12-25)20(26)13-15-3-5-16(22)6-4-15/h3-8,14H,2,9-13H2,1H3. The summed E-state index contributed by atoms with van der Waals surface area (Å²) in [5, 5.41) is 0.981. The quantitative estimate of drug-likeness (QED) is 0.656. The van der Waals surface area contributed by atoms with Crippen LogP contribution in [-0.4, -0.2) is 48.6 Å². The smallest absolute Gasteiger partial charge is 0.227 e. The predicted octanol–water partition coefficient (Wildman–Crippen LogP) is 3.73. The van der Waals surface area contributed by atoms with Crippen molar-refractivity contribution in [1.29, 1.82) is 0 Å². The number of thiazole rings is 1. The van der Waals surface area contributed by atoms with Gasteiger partial charge in [0, 0.05) is 26.2 Å². The van der Waals surface area contributed by atoms with Crippen LogP contribution in [0.2, 0.25) is 0 Å². The van der Waals surface area contributed by atoms with Crippen LogP contribution >= 0.6 is 11.3 Å². The van der Waals surface area contributed by atoms with Crippen LogP contribution in [0.15, 0.2) is 42.5 Å². The molecule has 1 aliphatic heterocycles. The number of carbonyl (C=O) groups excluding carboxylic acids is 1. The summed E-state index contributed by atoms with van der Waals surface area (Å²) in [7, 11) is 0. The summed E-state index contributed by atoms with van der Waals surface area (Å²) in [5.41, 5.74) is 1.81. The topological polar surface area (TPSA) is 45.7 Å². The van der Waals surface area contributed by atoms with Crippen molar-refractivity contribution in [2.24, 2.45) is 0 Å². The first-order valence-corrected chi connectivity index (χ1v) is 10.2. The van der Waals surface area contributed by atoms with Gasteiger partial charge in [0.05, 0.1) is 23.2 Å². The number of hydrogen-bond donors (Lipinski definition) is 0. The lowest BCUT2D eigenvalue weighted by Gasteiger charge is -2.34. The molecule has 3 aromatic rings. The lowest BCUT2D eigenvalue weighted by Crippen LogP contribution is -2.49. The molecule has 0 radical (unpaired) electrons. The molecule has 1 aromatic heterocycles. The van der Waals surface area contributed by atoms with Crippen LogP contribution in [0.3, 0.4) is 0 Å². The number of aromatic nitrogens is 1. The number of piperazine rings is 1. The van der Waals surface area contributed by atoms with E-state index in [1.165, 1.54) is 12.1 Å². The molecule has 1 aliphatic rings. The minimum absolute atomic E-state index is 0.0805. The first kappa shape index (κ1) is 18.7. The molecule has 28 heavy (non-hydrogen) atoms. The van der Waals surface area contributed by atoms with E-state index in [-0.39, 0.29) is 11.7 Å². The number of anilines is 1. The summed E-state index contributed by atoms with van der Waals surface area (Å²) in [6.45, 7) is 5.46. The Bertz CT molecular complexity index is 965. The molecule has 2 heterocycles. The molecule has 0 spiro atoms. The molecule has 0 unspecified atom stereocenters. The maximum absolute atomic E-state index is 13.0. The Morgan fingerprint density at radius 3 is 2.61 bits per heavy atom. The number of amides is 1. The summed E-state index contributed by atoms with van der Waals surface area (Å²) in [4.78, 5) is 21.4. The van der Waals surface area contributed by atoms with E-state index in [4.69, 9.17) is 9.72 Å². The Labute approximate surface area is 167 Å². The molecule has 146 valence electrons. The second-order valence-electron chi connectivity index (χ2n) is 6.73. The number of rotatable bonds is 5. The minimum Gasteiger partial charge on any atom is -0.494 e. The molecule has 0 N–H and O–H groups in total. The second kappa shape index (κ2) is 8.14. The van der Waals surface area contributed by atoms with E-state index >= 15 is 0 Å². The molecule has 0 aliphatic carbocycles. The number of ether oxygens (including phenoxy) is 1. The predicted molar refractivity (Wildman–Crippen MR) is 110 cm³/mol. The molecule has 2 aromatic carbocycles. The zero-order chi connectivity index (χ0) is 19.5. The van der Waals surface area contributed by atoms with Gasteiger partial charge in [-0.25, -0.2) is 9.37 Å². The zero-order valence-electron chi connectivity index (χ0n) is 15.7. The van der Waals surface area contributed by atoms with Gasteiger partial charge >= 0.3 is 0 Å². The third-order valence-electron chi connectivity index (χ3n) is 4.83. The molecular weight excluding hydrogens is 377 g/mol. The van der Waals surface area contributed by atoms with Gasteiger partial charge in [0.2, 0.25) is 5.91 Å². The van der Waals surface area contributed by atoms with Crippen molar-refractivity contribution in [3.8, 4) is 5.75 Å². The van der Waals surface area contributed by atoms with Gasteiger partial charge in [0.1, 0.15) is 11.6 Å². The Morgan fingerprint density at radius 1 is 1.14 bits per heavy atom. The molecule has 0 bridgehead atoms. The molecule has 0 atom stereocenters. The number of nitrogens with zero attached hydrogens (tertiary/aromatic N) is 3. The number of benzene rings is 2. The molecular formula is C21H22FN3O2S. The minimum atomic E-state index is -0.283. The summed E-state index contributed by atoms with van der Waals surface area (Å²) in [6, 6.07) is 12.1. The molecule has 5 nitrogen and oxygen atoms in total. The highest BCUT2D eigenvalue weighted by Crippen LogP contribution is 2.32. The number of halogens is 1. The summed E-state index contributed by atoms with van der Waals surface area (Å²) in [5.74, 6) is 0.660. The van der Waals surface area contributed by atoms with Crippen LogP contribution in [0.4, 0.5) is 9.52 Å². The van der Waals surface area contributed by atoms with Gasteiger partial charge in [-0.3, -0.25) is 4.79 Å². The maximum Gasteiger partial charge on any atom is 0.227 e. The summed E-state index contributed by atoms with van der Waals surface area (Å²) < 4.78 is 19.7. The third kappa shape index (κ3) is 4.09. The Morgan fingerprint density at radius 2 is 1.89 bits per heavy atom. The van der Waals surface area contributed by atoms with Gasteiger partial charge in [-0.1, -0.05) is 23.5 Å². The molecule has 1 fully saturated rings. The molecule has 7 heteroatoms. The fourth-order valence-corrected chi connectivity index (χ4v) is 4.37. The lowest BCUT2D eigenvalue weighted by atomic mass is 10.1. The van der Waals surface area contributed by atoms with Gasteiger partial charge in [-0.2, -0.15) is 0 Å². The van der Waals surface area contributed by atoms with Crippen molar-refractivity contribution < 1.29 is 13.9 Å². The highest BCUT2D eigenvalue weighted by Gasteiger charge is 2.23. The fraction of sp³-hybridized carbons (Fsp3) is 0.333. The van der Waals surface area contributed by atoms with Gasteiger partial charge in [-0.05, 0) is 42.8 Å². The highest BCUT2D eigenvalue weighted by atomic mass is 32.1. The monoisotopic (exact) mass is 399 g/mol. The van der Waals surface area contributed by atoms with Crippen LogP contribution in [0.5, 0.6) is 5.75 Å². The van der Waals surface area contributed by atoms with Crippen LogP contribution in [0.25, 0.3) is 10.2 Å². The van der Waals surface area contributed by atoms with Crippen molar-refractivity contribution in [2.75, 3.05) is 37.7 Å². The lowest BCUT2D eigenvalue weighted by molar-refractivity contribution is -0.130. The average molecular weight is 399 g/mol. The number of hydrogen-bond acceptors (Lipinski definition) is 5. The van der Waals surface area contributed by atoms with Crippen molar-refractivity contribution >= 4 is 32.6 Å². The molecule has 0 saturated carbocycles. The van der Waals surface area contributed by atoms with Crippen LogP contribution in [0, 0.1) is 5.82 Å². The molecule has 1 saturated heterocycles. The van der Waals surface area contributed by atoms with E-state index in [0.717, 1.165) is 39.8 Å². The average Bonchev–Trinajstić information content (AvgIpc) is 3.13. The largest absolute Gasteiger partial charge is 0.494 e. The first-order chi connectivity index (χ1) is 13.6. The Balaban J connectivity index is 1.37. The number of fused-ring (bicyclic) bond motifs is 1. The van der Waals surface area contributed by atoms with E-state index in [1.54, 1.807) is 23.5 Å². The van der Waals surface area contributed by atoms with E-state index < -0.39 is 0 Å². The first-order valence-electron chi connectivity index (χ1n) is 9.43. The van der Waals surface area contributed by atoms with Crippen molar-refractivity contribution in [1.82, 2.24) is 9.88 Å². The maximum atomic E-state index is 13.0.